The topological polar surface area (TPSA) is 237 Å². The fourth-order valence-electron chi connectivity index (χ4n) is 11.9. The van der Waals surface area contributed by atoms with Crippen LogP contribution in [-0.4, -0.2) is 96.7 Å². The maximum atomic E-state index is 13.1. The second-order valence-corrected chi connectivity index (χ2v) is 32.9. The molecule has 3 unspecified atom stereocenters. The highest BCUT2D eigenvalue weighted by atomic mass is 31.2. The first-order valence-electron chi connectivity index (χ1n) is 40.2. The van der Waals surface area contributed by atoms with E-state index in [-0.39, 0.29) is 25.7 Å². The summed E-state index contributed by atoms with van der Waals surface area (Å²) in [5.74, 6) is 0.913. The van der Waals surface area contributed by atoms with Crippen LogP contribution in [-0.2, 0) is 65.4 Å². The molecule has 0 fully saturated rings. The van der Waals surface area contributed by atoms with Crippen LogP contribution >= 0.6 is 15.6 Å². The number of aliphatic hydroxyl groups excluding tert-OH is 1. The van der Waals surface area contributed by atoms with Gasteiger partial charge in [-0.05, 0) is 49.4 Å². The number of aliphatic hydroxyl groups is 1. The third-order valence-electron chi connectivity index (χ3n) is 18.1. The van der Waals surface area contributed by atoms with Gasteiger partial charge in [-0.25, -0.2) is 9.13 Å². The summed E-state index contributed by atoms with van der Waals surface area (Å²) in [5.41, 5.74) is 0. The van der Waals surface area contributed by atoms with Crippen molar-refractivity contribution in [3.05, 3.63) is 0 Å². The highest BCUT2D eigenvalue weighted by Gasteiger charge is 2.30. The fourth-order valence-corrected chi connectivity index (χ4v) is 13.5. The number of ether oxygens (including phenoxy) is 4. The number of esters is 4. The molecule has 0 amide bonds. The normalized spacial score (nSPS) is 14.1. The van der Waals surface area contributed by atoms with Crippen LogP contribution in [0.3, 0.4) is 0 Å². The minimum atomic E-state index is -4.96. The van der Waals surface area contributed by atoms with Crippen molar-refractivity contribution in [2.75, 3.05) is 39.6 Å². The summed E-state index contributed by atoms with van der Waals surface area (Å²) in [5, 5.41) is 10.6. The summed E-state index contributed by atoms with van der Waals surface area (Å²) in [6.45, 7) is 14.2. The minimum Gasteiger partial charge on any atom is -0.462 e. The molecule has 0 aliphatic carbocycles. The van der Waals surface area contributed by atoms with Crippen molar-refractivity contribution in [1.29, 1.82) is 0 Å². The number of hydrogen-bond donors (Lipinski definition) is 3. The van der Waals surface area contributed by atoms with Crippen LogP contribution in [0, 0.1) is 23.7 Å². The average molecular weight is 1420 g/mol. The zero-order valence-electron chi connectivity index (χ0n) is 63.7. The molecule has 17 nitrogen and oxygen atoms in total. The molecule has 19 heteroatoms. The van der Waals surface area contributed by atoms with Gasteiger partial charge in [0.25, 0.3) is 0 Å². The van der Waals surface area contributed by atoms with E-state index >= 15 is 0 Å². The maximum Gasteiger partial charge on any atom is 0.472 e. The van der Waals surface area contributed by atoms with Crippen LogP contribution in [0.15, 0.2) is 0 Å². The predicted octanol–water partition coefficient (Wildman–Crippen LogP) is 22.8. The Hall–Kier alpha value is -1.94. The third-order valence-corrected chi connectivity index (χ3v) is 20.0. The number of phosphoric ester groups is 2. The van der Waals surface area contributed by atoms with Gasteiger partial charge in [-0.15, -0.1) is 0 Å². The smallest absolute Gasteiger partial charge is 0.462 e. The zero-order chi connectivity index (χ0) is 71.7. The van der Waals surface area contributed by atoms with E-state index in [1.165, 1.54) is 193 Å². The molecule has 0 saturated carbocycles. The molecule has 0 aliphatic rings. The van der Waals surface area contributed by atoms with Crippen molar-refractivity contribution in [3.8, 4) is 0 Å². The van der Waals surface area contributed by atoms with Gasteiger partial charge >= 0.3 is 39.5 Å². The Morgan fingerprint density at radius 1 is 0.258 bits per heavy atom. The van der Waals surface area contributed by atoms with Crippen LogP contribution in [0.2, 0.25) is 0 Å². The van der Waals surface area contributed by atoms with E-state index in [1.807, 2.05) is 0 Å². The first-order valence-corrected chi connectivity index (χ1v) is 43.2. The third kappa shape index (κ3) is 72.2. The molecule has 3 N–H and O–H groups in total. The molecular formula is C78H152O17P2. The molecule has 0 radical (unpaired) electrons. The van der Waals surface area contributed by atoms with Crippen molar-refractivity contribution >= 4 is 39.5 Å². The SMILES string of the molecule is CC(C)CCCCCCCCCCCCCCCCCCCCC(=O)O[C@H](COC(=O)CCCCCCCCCC(C)C)COP(=O)(O)OCC(O)COP(=O)(O)OC[C@@H](COC(=O)CCCCCCCCCCCCCC(C)C)OC(=O)CCCCCCCCCCCC(C)C. The van der Waals surface area contributed by atoms with E-state index in [4.69, 9.17) is 37.0 Å². The lowest BCUT2D eigenvalue weighted by molar-refractivity contribution is -0.161. The quantitative estimate of drug-likeness (QED) is 0.0222. The van der Waals surface area contributed by atoms with Crippen LogP contribution in [0.5, 0.6) is 0 Å². The summed E-state index contributed by atoms with van der Waals surface area (Å²) >= 11 is 0. The molecule has 0 aromatic heterocycles. The molecule has 0 aromatic carbocycles. The monoisotopic (exact) mass is 1420 g/mol. The molecular weight excluding hydrogens is 1270 g/mol. The standard InChI is InChI=1S/C78H152O17P2/c1-68(2)54-46-38-30-23-18-15-13-11-9-10-12-14-16-20-27-35-44-52-60-77(82)94-74(65-89-76(81)59-51-43-37-29-33-41-49-57-71(7)8)67-93-97(86,87)91-63-72(79)62-90-96(84,85)92-66-73(95-78(83)61-53-45-36-28-22-25-32-40-48-56-70(5)6)64-88-75(80)58-50-42-34-26-21-17-19-24-31-39-47-55-69(3)4/h68-74,79H,9-67H2,1-8H3,(H,84,85)(H,86,87)/t72?,73-,74-/m1/s1. The molecule has 5 atom stereocenters. The Labute approximate surface area is 594 Å². The van der Waals surface area contributed by atoms with E-state index < -0.39 is 97.5 Å². The van der Waals surface area contributed by atoms with E-state index in [0.29, 0.717) is 31.6 Å². The number of carbonyl (C=O) groups is 4. The summed E-state index contributed by atoms with van der Waals surface area (Å²) in [6, 6.07) is 0. The first kappa shape index (κ1) is 95.1. The largest absolute Gasteiger partial charge is 0.472 e. The van der Waals surface area contributed by atoms with E-state index in [0.717, 1.165) is 114 Å². The number of unbranched alkanes of at least 4 members (excludes halogenated alkanes) is 41. The molecule has 0 saturated heterocycles. The van der Waals surface area contributed by atoms with Crippen LogP contribution in [0.25, 0.3) is 0 Å². The van der Waals surface area contributed by atoms with Gasteiger partial charge in [-0.1, -0.05) is 344 Å². The lowest BCUT2D eigenvalue weighted by atomic mass is 10.0. The number of carbonyl (C=O) groups excluding carboxylic acids is 4. The van der Waals surface area contributed by atoms with Crippen LogP contribution < -0.4 is 0 Å². The molecule has 576 valence electrons. The van der Waals surface area contributed by atoms with Gasteiger partial charge in [0.2, 0.25) is 0 Å². The second-order valence-electron chi connectivity index (χ2n) is 30.0. The van der Waals surface area contributed by atoms with Gasteiger partial charge in [0, 0.05) is 25.7 Å². The van der Waals surface area contributed by atoms with Gasteiger partial charge in [-0.3, -0.25) is 37.3 Å². The number of rotatable bonds is 75. The molecule has 0 spiro atoms. The number of phosphoric acid groups is 2. The lowest BCUT2D eigenvalue weighted by Gasteiger charge is -2.21. The Bertz CT molecular complexity index is 1900. The van der Waals surface area contributed by atoms with Crippen molar-refractivity contribution in [1.82, 2.24) is 0 Å². The first-order chi connectivity index (χ1) is 46.6. The second kappa shape index (κ2) is 67.2. The fraction of sp³-hybridized carbons (Fsp3) is 0.949. The van der Waals surface area contributed by atoms with Crippen molar-refractivity contribution in [2.24, 2.45) is 23.7 Å². The van der Waals surface area contributed by atoms with E-state index in [1.54, 1.807) is 0 Å². The number of hydrogen-bond acceptors (Lipinski definition) is 15. The van der Waals surface area contributed by atoms with Crippen LogP contribution in [0.1, 0.15) is 396 Å². The Morgan fingerprint density at radius 3 is 0.639 bits per heavy atom. The van der Waals surface area contributed by atoms with Gasteiger partial charge in [0.15, 0.2) is 12.2 Å². The predicted molar refractivity (Wildman–Crippen MR) is 395 cm³/mol. The van der Waals surface area contributed by atoms with Gasteiger partial charge in [0.1, 0.15) is 19.3 Å². The molecule has 97 heavy (non-hydrogen) atoms. The van der Waals surface area contributed by atoms with Crippen molar-refractivity contribution in [3.63, 3.8) is 0 Å². The van der Waals surface area contributed by atoms with Crippen LogP contribution in [0.4, 0.5) is 0 Å². The summed E-state index contributed by atoms with van der Waals surface area (Å²) in [6.07, 6.45) is 52.9. The Morgan fingerprint density at radius 2 is 0.433 bits per heavy atom. The Kier molecular flexibility index (Phi) is 65.9. The highest BCUT2D eigenvalue weighted by molar-refractivity contribution is 7.47. The van der Waals surface area contributed by atoms with Gasteiger partial charge in [-0.2, -0.15) is 0 Å². The average Bonchev–Trinajstić information content (AvgIpc) is 1.29. The van der Waals surface area contributed by atoms with Gasteiger partial charge < -0.3 is 33.8 Å². The van der Waals surface area contributed by atoms with Crippen molar-refractivity contribution < 1.29 is 80.2 Å². The Balaban J connectivity index is 5.19. The summed E-state index contributed by atoms with van der Waals surface area (Å²) in [4.78, 5) is 72.8. The molecule has 0 rings (SSSR count). The minimum absolute atomic E-state index is 0.105. The summed E-state index contributed by atoms with van der Waals surface area (Å²) in [7, 11) is -9.92. The lowest BCUT2D eigenvalue weighted by Crippen LogP contribution is -2.30. The van der Waals surface area contributed by atoms with Crippen molar-refractivity contribution in [2.45, 2.75) is 414 Å². The zero-order valence-corrected chi connectivity index (χ0v) is 65.5. The summed E-state index contributed by atoms with van der Waals surface area (Å²) < 4.78 is 68.6. The maximum absolute atomic E-state index is 13.1. The van der Waals surface area contributed by atoms with E-state index in [2.05, 4.69) is 55.4 Å². The van der Waals surface area contributed by atoms with E-state index in [9.17, 15) is 43.2 Å². The van der Waals surface area contributed by atoms with Gasteiger partial charge in [0.05, 0.1) is 26.4 Å². The highest BCUT2D eigenvalue weighted by Crippen LogP contribution is 2.45. The molecule has 0 heterocycles. The molecule has 0 aromatic rings. The molecule has 0 bridgehead atoms. The molecule has 0 aliphatic heterocycles.